The molecule has 28 heavy (non-hydrogen) atoms. The number of aromatic nitrogens is 1. The third-order valence-electron chi connectivity index (χ3n) is 4.29. The van der Waals surface area contributed by atoms with Crippen LogP contribution in [0.1, 0.15) is 52.9 Å². The lowest BCUT2D eigenvalue weighted by Gasteiger charge is -2.17. The van der Waals surface area contributed by atoms with Gasteiger partial charge in [0.2, 0.25) is 0 Å². The van der Waals surface area contributed by atoms with Crippen LogP contribution in [0.4, 0.5) is 10.8 Å². The number of ether oxygens (including phenoxy) is 1. The van der Waals surface area contributed by atoms with Crippen molar-refractivity contribution in [3.8, 4) is 0 Å². The van der Waals surface area contributed by atoms with Crippen LogP contribution in [-0.2, 0) is 11.2 Å². The van der Waals surface area contributed by atoms with E-state index < -0.39 is 5.97 Å². The largest absolute Gasteiger partial charge is 0.477 e. The number of rotatable bonds is 11. The highest BCUT2D eigenvalue weighted by molar-refractivity contribution is 7.17. The Hall–Kier alpha value is -2.45. The number of esters is 1. The van der Waals surface area contributed by atoms with Gasteiger partial charge in [-0.15, -0.1) is 0 Å². The summed E-state index contributed by atoms with van der Waals surface area (Å²) < 4.78 is 5.32. The Morgan fingerprint density at radius 3 is 2.43 bits per heavy atom. The molecule has 0 fully saturated rings. The molecule has 0 saturated carbocycles. The first kappa shape index (κ1) is 21.8. The maximum Gasteiger partial charge on any atom is 0.347 e. The van der Waals surface area contributed by atoms with E-state index in [9.17, 15) is 14.7 Å². The van der Waals surface area contributed by atoms with Crippen molar-refractivity contribution in [2.75, 3.05) is 31.6 Å². The molecule has 0 aliphatic heterocycles. The summed E-state index contributed by atoms with van der Waals surface area (Å²) in [4.78, 5) is 30.3. The molecule has 0 unspecified atom stereocenters. The number of hydrogen-bond donors (Lipinski definition) is 2. The summed E-state index contributed by atoms with van der Waals surface area (Å²) >= 11 is 1.11. The van der Waals surface area contributed by atoms with E-state index in [-0.39, 0.29) is 10.8 Å². The first-order valence-corrected chi connectivity index (χ1v) is 10.3. The summed E-state index contributed by atoms with van der Waals surface area (Å²) in [5.41, 5.74) is 1.80. The van der Waals surface area contributed by atoms with Crippen molar-refractivity contribution >= 4 is 34.1 Å². The maximum atomic E-state index is 12.1. The van der Waals surface area contributed by atoms with Crippen molar-refractivity contribution in [3.05, 3.63) is 40.4 Å². The number of nitrogens with zero attached hydrogens (tertiary/aromatic N) is 2. The fourth-order valence-corrected chi connectivity index (χ4v) is 3.55. The molecule has 8 heteroatoms. The zero-order chi connectivity index (χ0) is 20.5. The molecule has 152 valence electrons. The molecule has 0 aliphatic rings. The van der Waals surface area contributed by atoms with Gasteiger partial charge in [0.25, 0.3) is 0 Å². The van der Waals surface area contributed by atoms with E-state index in [0.29, 0.717) is 36.0 Å². The van der Waals surface area contributed by atoms with Crippen molar-refractivity contribution in [1.29, 1.82) is 0 Å². The number of nitrogens with one attached hydrogen (secondary N) is 1. The number of carboxylic acid groups (broad SMARTS) is 1. The standard InChI is InChI=1S/C20H27N3O4S/c1-4-7-16-17(18(24)25)28-20(22-16)21-15-10-8-14(9-11-15)19(26)27-13-12-23(5-2)6-3/h8-11H,4-7,12-13H2,1-3H3,(H,21,22)(H,24,25). The summed E-state index contributed by atoms with van der Waals surface area (Å²) in [6, 6.07) is 6.87. The van der Waals surface area contributed by atoms with Gasteiger partial charge >= 0.3 is 11.9 Å². The van der Waals surface area contributed by atoms with Crippen LogP contribution in [0.15, 0.2) is 24.3 Å². The topological polar surface area (TPSA) is 91.8 Å². The number of aryl methyl sites for hydroxylation is 1. The molecular weight excluding hydrogens is 378 g/mol. The average Bonchev–Trinajstić information content (AvgIpc) is 3.08. The number of thiazole rings is 1. The second-order valence-corrected chi connectivity index (χ2v) is 7.21. The average molecular weight is 406 g/mol. The van der Waals surface area contributed by atoms with Crippen molar-refractivity contribution in [3.63, 3.8) is 0 Å². The molecule has 0 saturated heterocycles. The summed E-state index contributed by atoms with van der Waals surface area (Å²) in [5.74, 6) is -1.32. The number of benzene rings is 1. The summed E-state index contributed by atoms with van der Waals surface area (Å²) in [6.45, 7) is 9.06. The van der Waals surface area contributed by atoms with Crippen LogP contribution in [0.3, 0.4) is 0 Å². The summed E-state index contributed by atoms with van der Waals surface area (Å²) in [7, 11) is 0. The predicted octanol–water partition coefficient (Wildman–Crippen LogP) is 4.04. The molecular formula is C20H27N3O4S. The van der Waals surface area contributed by atoms with Gasteiger partial charge in [-0.25, -0.2) is 14.6 Å². The second-order valence-electron chi connectivity index (χ2n) is 6.22. The van der Waals surface area contributed by atoms with Crippen LogP contribution in [0.2, 0.25) is 0 Å². The van der Waals surface area contributed by atoms with Crippen molar-refractivity contribution in [1.82, 2.24) is 9.88 Å². The maximum absolute atomic E-state index is 12.1. The molecule has 0 bridgehead atoms. The van der Waals surface area contributed by atoms with Gasteiger partial charge in [-0.2, -0.15) is 0 Å². The monoisotopic (exact) mass is 405 g/mol. The third kappa shape index (κ3) is 6.03. The van der Waals surface area contributed by atoms with Crippen LogP contribution in [0.25, 0.3) is 0 Å². The van der Waals surface area contributed by atoms with Gasteiger partial charge in [0.05, 0.1) is 11.3 Å². The molecule has 0 radical (unpaired) electrons. The van der Waals surface area contributed by atoms with Crippen molar-refractivity contribution in [2.45, 2.75) is 33.6 Å². The first-order chi connectivity index (χ1) is 13.5. The van der Waals surface area contributed by atoms with E-state index in [1.807, 2.05) is 6.92 Å². The molecule has 7 nitrogen and oxygen atoms in total. The number of carbonyl (C=O) groups is 2. The fraction of sp³-hybridized carbons (Fsp3) is 0.450. The molecule has 2 rings (SSSR count). The first-order valence-electron chi connectivity index (χ1n) is 9.48. The zero-order valence-corrected chi connectivity index (χ0v) is 17.3. The molecule has 0 spiro atoms. The molecule has 1 aromatic carbocycles. The molecule has 0 atom stereocenters. The van der Waals surface area contributed by atoms with E-state index in [0.717, 1.165) is 36.5 Å². The Morgan fingerprint density at radius 2 is 1.86 bits per heavy atom. The Labute approximate surface area is 169 Å². The fourth-order valence-electron chi connectivity index (χ4n) is 2.68. The lowest BCUT2D eigenvalue weighted by Crippen LogP contribution is -2.27. The molecule has 2 N–H and O–H groups in total. The number of likely N-dealkylation sites (N-methyl/N-ethyl adjacent to an activating group) is 1. The van der Waals surface area contributed by atoms with Gasteiger partial charge in [-0.3, -0.25) is 0 Å². The molecule has 1 heterocycles. The number of aromatic carboxylic acids is 1. The number of hydrogen-bond acceptors (Lipinski definition) is 7. The van der Waals surface area contributed by atoms with Gasteiger partial charge in [-0.1, -0.05) is 38.5 Å². The second kappa shape index (κ2) is 10.8. The van der Waals surface area contributed by atoms with Crippen LogP contribution in [0, 0.1) is 0 Å². The molecule has 2 aromatic rings. The highest BCUT2D eigenvalue weighted by atomic mass is 32.1. The Bertz CT molecular complexity index is 785. The lowest BCUT2D eigenvalue weighted by atomic mass is 10.2. The Balaban J connectivity index is 1.96. The predicted molar refractivity (Wildman–Crippen MR) is 111 cm³/mol. The number of carboxylic acids is 1. The number of carbonyl (C=O) groups excluding carboxylic acids is 1. The van der Waals surface area contributed by atoms with E-state index >= 15 is 0 Å². The quantitative estimate of drug-likeness (QED) is 0.545. The summed E-state index contributed by atoms with van der Waals surface area (Å²) in [6.07, 6.45) is 1.45. The van der Waals surface area contributed by atoms with Crippen LogP contribution < -0.4 is 5.32 Å². The highest BCUT2D eigenvalue weighted by Crippen LogP contribution is 2.27. The molecule has 0 aliphatic carbocycles. The minimum atomic E-state index is -0.961. The van der Waals surface area contributed by atoms with E-state index in [1.54, 1.807) is 24.3 Å². The lowest BCUT2D eigenvalue weighted by molar-refractivity contribution is 0.0466. The van der Waals surface area contributed by atoms with Crippen LogP contribution in [0.5, 0.6) is 0 Å². The third-order valence-corrected chi connectivity index (χ3v) is 5.29. The molecule has 0 amide bonds. The van der Waals surface area contributed by atoms with E-state index in [1.165, 1.54) is 0 Å². The van der Waals surface area contributed by atoms with Gasteiger partial charge in [0.1, 0.15) is 11.5 Å². The van der Waals surface area contributed by atoms with Gasteiger partial charge in [-0.05, 0) is 43.8 Å². The van der Waals surface area contributed by atoms with Crippen molar-refractivity contribution in [2.24, 2.45) is 0 Å². The van der Waals surface area contributed by atoms with Gasteiger partial charge in [0, 0.05) is 12.2 Å². The normalized spacial score (nSPS) is 10.9. The highest BCUT2D eigenvalue weighted by Gasteiger charge is 2.17. The van der Waals surface area contributed by atoms with E-state index in [2.05, 4.69) is 29.0 Å². The van der Waals surface area contributed by atoms with Gasteiger partial charge in [0.15, 0.2) is 5.13 Å². The molecule has 1 aromatic heterocycles. The minimum Gasteiger partial charge on any atom is -0.477 e. The Kier molecular flexibility index (Phi) is 8.41. The van der Waals surface area contributed by atoms with E-state index in [4.69, 9.17) is 4.74 Å². The zero-order valence-electron chi connectivity index (χ0n) is 16.5. The van der Waals surface area contributed by atoms with Crippen molar-refractivity contribution < 1.29 is 19.4 Å². The Morgan fingerprint density at radius 1 is 1.18 bits per heavy atom. The number of anilines is 2. The SMILES string of the molecule is CCCc1nc(Nc2ccc(C(=O)OCCN(CC)CC)cc2)sc1C(=O)O. The van der Waals surface area contributed by atoms with Crippen LogP contribution in [-0.4, -0.2) is 53.2 Å². The van der Waals surface area contributed by atoms with Crippen LogP contribution >= 0.6 is 11.3 Å². The summed E-state index contributed by atoms with van der Waals surface area (Å²) in [5, 5.41) is 12.9. The van der Waals surface area contributed by atoms with Gasteiger partial charge < -0.3 is 20.1 Å². The smallest absolute Gasteiger partial charge is 0.347 e. The minimum absolute atomic E-state index is 0.262.